The zero-order valence-electron chi connectivity index (χ0n) is 15.9. The third-order valence-electron chi connectivity index (χ3n) is 5.77. The Morgan fingerprint density at radius 1 is 0.821 bits per heavy atom. The summed E-state index contributed by atoms with van der Waals surface area (Å²) < 4.78 is 0. The van der Waals surface area contributed by atoms with Gasteiger partial charge < -0.3 is 0 Å². The minimum Gasteiger partial charge on any atom is -0.299 e. The lowest BCUT2D eigenvalue weighted by atomic mass is 9.66. The summed E-state index contributed by atoms with van der Waals surface area (Å²) in [6.07, 6.45) is 1.03. The highest BCUT2D eigenvalue weighted by Gasteiger charge is 2.45. The highest BCUT2D eigenvalue weighted by Crippen LogP contribution is 2.43. The standard InChI is InChI=1S/C25H24N2.ClH/c26-20-25(22-12-6-2-7-13-22,23-14-8-3-9-15-23)24-16-17-27(19-24)18-21-10-4-1-5-11-21;/h1-15,24H,16-19H2;1H/t24-;/m1./s1. The van der Waals surface area contributed by atoms with Gasteiger partial charge in [0.1, 0.15) is 5.41 Å². The van der Waals surface area contributed by atoms with Crippen LogP contribution in [-0.2, 0) is 12.0 Å². The predicted molar refractivity (Wildman–Crippen MR) is 116 cm³/mol. The molecule has 0 aromatic heterocycles. The normalized spacial score (nSPS) is 16.9. The summed E-state index contributed by atoms with van der Waals surface area (Å²) in [5, 5.41) is 10.5. The molecule has 142 valence electrons. The fourth-order valence-electron chi connectivity index (χ4n) is 4.43. The number of nitrogens with zero attached hydrogens (tertiary/aromatic N) is 2. The van der Waals surface area contributed by atoms with E-state index in [9.17, 15) is 5.26 Å². The number of hydrogen-bond donors (Lipinski definition) is 0. The van der Waals surface area contributed by atoms with Crippen molar-refractivity contribution in [2.45, 2.75) is 18.4 Å². The lowest BCUT2D eigenvalue weighted by Gasteiger charge is -2.34. The van der Waals surface area contributed by atoms with Crippen molar-refractivity contribution in [1.82, 2.24) is 4.90 Å². The van der Waals surface area contributed by atoms with Crippen LogP contribution in [0.1, 0.15) is 23.1 Å². The monoisotopic (exact) mass is 388 g/mol. The lowest BCUT2D eigenvalue weighted by Crippen LogP contribution is -2.37. The molecule has 3 aromatic rings. The molecular weight excluding hydrogens is 364 g/mol. The van der Waals surface area contributed by atoms with Gasteiger partial charge in [0.2, 0.25) is 0 Å². The van der Waals surface area contributed by atoms with E-state index < -0.39 is 5.41 Å². The quantitative estimate of drug-likeness (QED) is 0.581. The fraction of sp³-hybridized carbons (Fsp3) is 0.240. The number of rotatable bonds is 5. The fourth-order valence-corrected chi connectivity index (χ4v) is 4.43. The minimum atomic E-state index is -0.603. The van der Waals surface area contributed by atoms with E-state index in [0.717, 1.165) is 37.2 Å². The first kappa shape index (κ1) is 20.1. The van der Waals surface area contributed by atoms with E-state index >= 15 is 0 Å². The summed E-state index contributed by atoms with van der Waals surface area (Å²) in [5.41, 5.74) is 2.93. The van der Waals surface area contributed by atoms with Gasteiger partial charge in [0.15, 0.2) is 0 Å². The largest absolute Gasteiger partial charge is 0.299 e. The third-order valence-corrected chi connectivity index (χ3v) is 5.77. The second-order valence-corrected chi connectivity index (χ2v) is 7.36. The van der Waals surface area contributed by atoms with Crippen molar-refractivity contribution in [1.29, 1.82) is 5.26 Å². The van der Waals surface area contributed by atoms with Crippen molar-refractivity contribution in [2.24, 2.45) is 5.92 Å². The summed E-state index contributed by atoms with van der Waals surface area (Å²) in [5.74, 6) is 0.274. The van der Waals surface area contributed by atoms with Crippen LogP contribution in [0.5, 0.6) is 0 Å². The highest BCUT2D eigenvalue weighted by atomic mass is 35.5. The molecule has 0 aliphatic carbocycles. The van der Waals surface area contributed by atoms with Gasteiger partial charge in [-0.1, -0.05) is 91.0 Å². The highest BCUT2D eigenvalue weighted by molar-refractivity contribution is 5.85. The molecule has 1 fully saturated rings. The Labute approximate surface area is 173 Å². The van der Waals surface area contributed by atoms with Gasteiger partial charge in [-0.3, -0.25) is 4.90 Å². The van der Waals surface area contributed by atoms with Crippen molar-refractivity contribution in [3.8, 4) is 6.07 Å². The van der Waals surface area contributed by atoms with Gasteiger partial charge in [-0.25, -0.2) is 0 Å². The van der Waals surface area contributed by atoms with Crippen molar-refractivity contribution in [3.63, 3.8) is 0 Å². The van der Waals surface area contributed by atoms with Gasteiger partial charge in [0.25, 0.3) is 0 Å². The zero-order chi connectivity index (χ0) is 18.5. The van der Waals surface area contributed by atoms with E-state index in [1.54, 1.807) is 0 Å². The second-order valence-electron chi connectivity index (χ2n) is 7.36. The molecule has 0 N–H and O–H groups in total. The van der Waals surface area contributed by atoms with E-state index in [0.29, 0.717) is 0 Å². The Morgan fingerprint density at radius 3 is 1.82 bits per heavy atom. The first-order chi connectivity index (χ1) is 13.3. The smallest absolute Gasteiger partial charge is 0.111 e. The molecular formula is C25H25ClN2. The number of benzene rings is 3. The molecule has 0 bridgehead atoms. The van der Waals surface area contributed by atoms with Crippen LogP contribution < -0.4 is 0 Å². The number of nitriles is 1. The van der Waals surface area contributed by atoms with E-state index in [1.165, 1.54) is 5.56 Å². The van der Waals surface area contributed by atoms with Crippen LogP contribution in [0, 0.1) is 17.2 Å². The van der Waals surface area contributed by atoms with Gasteiger partial charge in [-0.05, 0) is 35.6 Å². The first-order valence-corrected chi connectivity index (χ1v) is 9.61. The van der Waals surface area contributed by atoms with E-state index in [1.807, 2.05) is 36.4 Å². The van der Waals surface area contributed by atoms with Crippen LogP contribution in [-0.4, -0.2) is 18.0 Å². The topological polar surface area (TPSA) is 27.0 Å². The first-order valence-electron chi connectivity index (χ1n) is 9.61. The predicted octanol–water partition coefficient (Wildman–Crippen LogP) is 5.44. The van der Waals surface area contributed by atoms with Crippen molar-refractivity contribution in [3.05, 3.63) is 108 Å². The molecule has 4 rings (SSSR count). The van der Waals surface area contributed by atoms with Crippen LogP contribution >= 0.6 is 12.4 Å². The van der Waals surface area contributed by atoms with Gasteiger partial charge >= 0.3 is 0 Å². The second kappa shape index (κ2) is 9.06. The molecule has 0 saturated carbocycles. The van der Waals surface area contributed by atoms with Crippen LogP contribution in [0.2, 0.25) is 0 Å². The maximum absolute atomic E-state index is 10.5. The van der Waals surface area contributed by atoms with Gasteiger partial charge in [0.05, 0.1) is 6.07 Å². The molecule has 0 unspecified atom stereocenters. The molecule has 1 saturated heterocycles. The van der Waals surface area contributed by atoms with Gasteiger partial charge in [-0.2, -0.15) is 5.26 Å². The van der Waals surface area contributed by atoms with Crippen molar-refractivity contribution >= 4 is 12.4 Å². The lowest BCUT2D eigenvalue weighted by molar-refractivity contribution is 0.298. The summed E-state index contributed by atoms with van der Waals surface area (Å²) >= 11 is 0. The molecule has 0 radical (unpaired) electrons. The van der Waals surface area contributed by atoms with E-state index in [2.05, 4.69) is 65.6 Å². The van der Waals surface area contributed by atoms with E-state index in [4.69, 9.17) is 0 Å². The van der Waals surface area contributed by atoms with Crippen LogP contribution in [0.4, 0.5) is 0 Å². The summed E-state index contributed by atoms with van der Waals surface area (Å²) in [4.78, 5) is 2.48. The van der Waals surface area contributed by atoms with Crippen molar-refractivity contribution in [2.75, 3.05) is 13.1 Å². The maximum atomic E-state index is 10.5. The molecule has 28 heavy (non-hydrogen) atoms. The Morgan fingerprint density at radius 2 is 1.32 bits per heavy atom. The zero-order valence-corrected chi connectivity index (χ0v) is 16.7. The number of halogens is 1. The van der Waals surface area contributed by atoms with Gasteiger partial charge in [0, 0.05) is 13.1 Å². The molecule has 3 heteroatoms. The number of hydrogen-bond acceptors (Lipinski definition) is 2. The molecule has 0 spiro atoms. The molecule has 1 atom stereocenters. The number of likely N-dealkylation sites (tertiary alicyclic amines) is 1. The third kappa shape index (κ3) is 3.83. The Bertz CT molecular complexity index is 864. The van der Waals surface area contributed by atoms with Crippen LogP contribution in [0.3, 0.4) is 0 Å². The molecule has 1 heterocycles. The maximum Gasteiger partial charge on any atom is 0.111 e. The average molecular weight is 389 g/mol. The molecule has 1 aliphatic heterocycles. The average Bonchev–Trinajstić information content (AvgIpc) is 3.20. The van der Waals surface area contributed by atoms with Crippen LogP contribution in [0.25, 0.3) is 0 Å². The Balaban J connectivity index is 0.00000225. The Hall–Kier alpha value is -2.60. The van der Waals surface area contributed by atoms with Crippen molar-refractivity contribution < 1.29 is 0 Å². The van der Waals surface area contributed by atoms with Gasteiger partial charge in [-0.15, -0.1) is 12.4 Å². The van der Waals surface area contributed by atoms with Crippen LogP contribution in [0.15, 0.2) is 91.0 Å². The van der Waals surface area contributed by atoms with E-state index in [-0.39, 0.29) is 18.3 Å². The SMILES string of the molecule is Cl.N#CC(c1ccccc1)(c1ccccc1)[C@@H]1CCN(Cc2ccccc2)C1. The summed E-state index contributed by atoms with van der Waals surface area (Å²) in [6, 6.07) is 34.0. The molecule has 0 amide bonds. The molecule has 2 nitrogen and oxygen atoms in total. The summed E-state index contributed by atoms with van der Waals surface area (Å²) in [7, 11) is 0. The molecule has 3 aromatic carbocycles. The molecule has 1 aliphatic rings. The minimum absolute atomic E-state index is 0. The summed E-state index contributed by atoms with van der Waals surface area (Å²) in [6.45, 7) is 2.91. The Kier molecular flexibility index (Phi) is 6.52.